The molecule has 1 aromatic carbocycles. The summed E-state index contributed by atoms with van der Waals surface area (Å²) < 4.78 is 0. The average molecular weight is 307 g/mol. The zero-order chi connectivity index (χ0) is 15.0. The third kappa shape index (κ3) is 2.53. The van der Waals surface area contributed by atoms with Crippen LogP contribution >= 0.6 is 11.6 Å². The van der Waals surface area contributed by atoms with Gasteiger partial charge in [0.25, 0.3) is 5.91 Å². The SMILES string of the molecule is Cc1ccc(Cl)cc1N1CCC(=O)NC2(CCCC2)C1=O. The highest BCUT2D eigenvalue weighted by Crippen LogP contribution is 2.36. The van der Waals surface area contributed by atoms with E-state index in [2.05, 4.69) is 5.32 Å². The molecule has 3 rings (SSSR count). The molecule has 0 unspecified atom stereocenters. The van der Waals surface area contributed by atoms with Gasteiger partial charge in [0.1, 0.15) is 5.54 Å². The molecular weight excluding hydrogens is 288 g/mol. The monoisotopic (exact) mass is 306 g/mol. The minimum absolute atomic E-state index is 0.0104. The maximum atomic E-state index is 13.0. The van der Waals surface area contributed by atoms with Gasteiger partial charge in [-0.15, -0.1) is 0 Å². The van der Waals surface area contributed by atoms with E-state index in [-0.39, 0.29) is 11.8 Å². The molecule has 0 atom stereocenters. The lowest BCUT2D eigenvalue weighted by Gasteiger charge is -2.32. The number of amides is 2. The van der Waals surface area contributed by atoms with Gasteiger partial charge in [0.2, 0.25) is 5.91 Å². The van der Waals surface area contributed by atoms with Crippen LogP contribution in [0.1, 0.15) is 37.7 Å². The van der Waals surface area contributed by atoms with Gasteiger partial charge in [-0.1, -0.05) is 30.5 Å². The summed E-state index contributed by atoms with van der Waals surface area (Å²) in [4.78, 5) is 26.8. The average Bonchev–Trinajstić information content (AvgIpc) is 2.87. The van der Waals surface area contributed by atoms with Crippen LogP contribution < -0.4 is 10.2 Å². The Kier molecular flexibility index (Phi) is 3.66. The zero-order valence-electron chi connectivity index (χ0n) is 12.1. The third-order valence-corrected chi connectivity index (χ3v) is 4.75. The highest BCUT2D eigenvalue weighted by molar-refractivity contribution is 6.31. The molecule has 21 heavy (non-hydrogen) atoms. The van der Waals surface area contributed by atoms with Gasteiger partial charge in [-0.25, -0.2) is 0 Å². The number of benzene rings is 1. The minimum atomic E-state index is -0.706. The molecule has 0 bridgehead atoms. The molecule has 0 radical (unpaired) electrons. The highest BCUT2D eigenvalue weighted by Gasteiger charge is 2.46. The van der Waals surface area contributed by atoms with E-state index in [0.717, 1.165) is 36.9 Å². The van der Waals surface area contributed by atoms with Crippen molar-refractivity contribution in [3.8, 4) is 0 Å². The lowest BCUT2D eigenvalue weighted by Crippen LogP contribution is -2.55. The number of nitrogens with zero attached hydrogens (tertiary/aromatic N) is 1. The summed E-state index contributed by atoms with van der Waals surface area (Å²) in [5.74, 6) is -0.0244. The molecule has 1 saturated carbocycles. The van der Waals surface area contributed by atoms with Gasteiger partial charge in [-0.05, 0) is 37.5 Å². The summed E-state index contributed by atoms with van der Waals surface area (Å²) in [5.41, 5.74) is 1.10. The predicted molar refractivity (Wildman–Crippen MR) is 82.5 cm³/mol. The Labute approximate surface area is 129 Å². The second-order valence-electron chi connectivity index (χ2n) is 5.97. The Bertz CT molecular complexity index is 594. The molecule has 2 fully saturated rings. The first kappa shape index (κ1) is 14.4. The molecule has 1 aromatic rings. The van der Waals surface area contributed by atoms with E-state index in [4.69, 9.17) is 11.6 Å². The number of rotatable bonds is 1. The van der Waals surface area contributed by atoms with E-state index in [1.807, 2.05) is 25.1 Å². The Morgan fingerprint density at radius 2 is 1.95 bits per heavy atom. The fourth-order valence-corrected chi connectivity index (χ4v) is 3.54. The van der Waals surface area contributed by atoms with Crippen LogP contribution in [0.5, 0.6) is 0 Å². The van der Waals surface area contributed by atoms with Crippen molar-refractivity contribution in [3.05, 3.63) is 28.8 Å². The van der Waals surface area contributed by atoms with Gasteiger partial charge >= 0.3 is 0 Å². The smallest absolute Gasteiger partial charge is 0.252 e. The van der Waals surface area contributed by atoms with Gasteiger partial charge in [-0.2, -0.15) is 0 Å². The van der Waals surface area contributed by atoms with Crippen molar-refractivity contribution in [2.75, 3.05) is 11.4 Å². The molecule has 1 aliphatic carbocycles. The number of carbonyl (C=O) groups excluding carboxylic acids is 2. The molecule has 1 N–H and O–H groups in total. The summed E-state index contributed by atoms with van der Waals surface area (Å²) in [5, 5.41) is 3.58. The van der Waals surface area contributed by atoms with Gasteiger partial charge < -0.3 is 10.2 Å². The molecular formula is C16H19ClN2O2. The molecule has 1 aliphatic heterocycles. The van der Waals surface area contributed by atoms with Gasteiger partial charge in [0, 0.05) is 23.7 Å². The van der Waals surface area contributed by atoms with Crippen molar-refractivity contribution < 1.29 is 9.59 Å². The van der Waals surface area contributed by atoms with Crippen LogP contribution in [0.3, 0.4) is 0 Å². The number of nitrogens with one attached hydrogen (secondary N) is 1. The van der Waals surface area contributed by atoms with E-state index < -0.39 is 5.54 Å². The van der Waals surface area contributed by atoms with Crippen molar-refractivity contribution in [3.63, 3.8) is 0 Å². The first-order valence-electron chi connectivity index (χ1n) is 7.41. The standard InChI is InChI=1S/C16H19ClN2O2/c1-11-4-5-12(17)10-13(11)19-9-6-14(20)18-16(15(19)21)7-2-3-8-16/h4-5,10H,2-3,6-9H2,1H3,(H,18,20). The number of aryl methyl sites for hydroxylation is 1. The lowest BCUT2D eigenvalue weighted by molar-refractivity contribution is -0.129. The minimum Gasteiger partial charge on any atom is -0.342 e. The van der Waals surface area contributed by atoms with E-state index in [9.17, 15) is 9.59 Å². The Morgan fingerprint density at radius 3 is 2.67 bits per heavy atom. The first-order chi connectivity index (χ1) is 10.0. The van der Waals surface area contributed by atoms with Gasteiger partial charge in [0.05, 0.1) is 0 Å². The second kappa shape index (κ2) is 5.34. The van der Waals surface area contributed by atoms with Crippen molar-refractivity contribution >= 4 is 29.1 Å². The summed E-state index contributed by atoms with van der Waals surface area (Å²) in [6, 6.07) is 5.54. The van der Waals surface area contributed by atoms with Crippen molar-refractivity contribution in [1.82, 2.24) is 5.32 Å². The maximum absolute atomic E-state index is 13.0. The predicted octanol–water partition coefficient (Wildman–Crippen LogP) is 2.81. The fourth-order valence-electron chi connectivity index (χ4n) is 3.38. The van der Waals surface area contributed by atoms with Crippen molar-refractivity contribution in [2.24, 2.45) is 0 Å². The number of halogens is 1. The fraction of sp³-hybridized carbons (Fsp3) is 0.500. The molecule has 2 amide bonds. The van der Waals surface area contributed by atoms with Gasteiger partial charge in [-0.3, -0.25) is 9.59 Å². The molecule has 4 nitrogen and oxygen atoms in total. The van der Waals surface area contributed by atoms with E-state index in [1.54, 1.807) is 4.90 Å². The van der Waals surface area contributed by atoms with Crippen molar-refractivity contribution in [1.29, 1.82) is 0 Å². The summed E-state index contributed by atoms with van der Waals surface area (Å²) in [7, 11) is 0. The zero-order valence-corrected chi connectivity index (χ0v) is 12.9. The molecule has 2 aliphatic rings. The molecule has 5 heteroatoms. The Balaban J connectivity index is 2.02. The summed E-state index contributed by atoms with van der Waals surface area (Å²) in [6.45, 7) is 2.37. The molecule has 0 aromatic heterocycles. The van der Waals surface area contributed by atoms with Crippen LogP contribution in [0.15, 0.2) is 18.2 Å². The number of anilines is 1. The van der Waals surface area contributed by atoms with E-state index in [0.29, 0.717) is 18.0 Å². The van der Waals surface area contributed by atoms with Gasteiger partial charge in [0.15, 0.2) is 0 Å². The van der Waals surface area contributed by atoms with Crippen LogP contribution in [0.4, 0.5) is 5.69 Å². The van der Waals surface area contributed by atoms with E-state index >= 15 is 0 Å². The normalized spacial score (nSPS) is 21.5. The Hall–Kier alpha value is -1.55. The maximum Gasteiger partial charge on any atom is 0.252 e. The number of carbonyl (C=O) groups is 2. The van der Waals surface area contributed by atoms with Crippen LogP contribution in [0.25, 0.3) is 0 Å². The van der Waals surface area contributed by atoms with Crippen LogP contribution in [-0.4, -0.2) is 23.9 Å². The summed E-state index contributed by atoms with van der Waals surface area (Å²) >= 11 is 6.08. The summed E-state index contributed by atoms with van der Waals surface area (Å²) in [6.07, 6.45) is 3.75. The van der Waals surface area contributed by atoms with Crippen molar-refractivity contribution in [2.45, 2.75) is 44.6 Å². The third-order valence-electron chi connectivity index (χ3n) is 4.51. The molecule has 1 saturated heterocycles. The second-order valence-corrected chi connectivity index (χ2v) is 6.41. The Morgan fingerprint density at radius 1 is 1.24 bits per heavy atom. The largest absolute Gasteiger partial charge is 0.342 e. The van der Waals surface area contributed by atoms with E-state index in [1.165, 1.54) is 0 Å². The van der Waals surface area contributed by atoms with Crippen LogP contribution in [-0.2, 0) is 9.59 Å². The highest BCUT2D eigenvalue weighted by atomic mass is 35.5. The number of hydrogen-bond acceptors (Lipinski definition) is 2. The quantitative estimate of drug-likeness (QED) is 0.867. The molecule has 1 spiro atoms. The number of hydrogen-bond donors (Lipinski definition) is 1. The topological polar surface area (TPSA) is 49.4 Å². The van der Waals surface area contributed by atoms with Crippen LogP contribution in [0, 0.1) is 6.92 Å². The molecule has 112 valence electrons. The first-order valence-corrected chi connectivity index (χ1v) is 7.79. The van der Waals surface area contributed by atoms with Crippen LogP contribution in [0.2, 0.25) is 5.02 Å². The molecule has 1 heterocycles. The lowest BCUT2D eigenvalue weighted by atomic mass is 9.95.